The summed E-state index contributed by atoms with van der Waals surface area (Å²) in [5.41, 5.74) is 1.10. The van der Waals surface area contributed by atoms with Crippen LogP contribution in [0.2, 0.25) is 0 Å². The molecule has 1 aromatic rings. The number of nitrogens with zero attached hydrogens (tertiary/aromatic N) is 2. The van der Waals surface area contributed by atoms with Crippen molar-refractivity contribution in [2.75, 3.05) is 0 Å². The summed E-state index contributed by atoms with van der Waals surface area (Å²) in [5, 5.41) is 8.75. The van der Waals surface area contributed by atoms with Crippen LogP contribution in [0.15, 0.2) is 12.5 Å². The fourth-order valence-electron chi connectivity index (χ4n) is 1.63. The number of carboxylic acids is 1. The van der Waals surface area contributed by atoms with E-state index in [-0.39, 0.29) is 11.2 Å². The van der Waals surface area contributed by atoms with Crippen LogP contribution in [0.25, 0.3) is 0 Å². The lowest BCUT2D eigenvalue weighted by Crippen LogP contribution is -2.22. The molecule has 1 atom stereocenters. The van der Waals surface area contributed by atoms with E-state index in [4.69, 9.17) is 5.11 Å². The summed E-state index contributed by atoms with van der Waals surface area (Å²) in [5.74, 6) is 0.112. The first-order valence-electron chi connectivity index (χ1n) is 5.89. The van der Waals surface area contributed by atoms with E-state index in [2.05, 4.69) is 16.5 Å². The molecule has 1 N–H and O–H groups in total. The summed E-state index contributed by atoms with van der Waals surface area (Å²) < 4.78 is 2.09. The van der Waals surface area contributed by atoms with Gasteiger partial charge in [0.15, 0.2) is 0 Å². The van der Waals surface area contributed by atoms with E-state index in [1.54, 1.807) is 0 Å². The van der Waals surface area contributed by atoms with Gasteiger partial charge in [0.25, 0.3) is 0 Å². The fourth-order valence-corrected chi connectivity index (χ4v) is 2.75. The van der Waals surface area contributed by atoms with Gasteiger partial charge in [0.2, 0.25) is 0 Å². The molecule has 96 valence electrons. The maximum absolute atomic E-state index is 11.1. The Bertz CT molecular complexity index is 363. The topological polar surface area (TPSA) is 55.1 Å². The standard InChI is InChI=1S/C12H20N2O2S/c1-4-5-14-8-13-6-10(14)7-17-11(9(2)3)12(15)16/h6,8-9,11H,4-5,7H2,1-3H3,(H,15,16). The van der Waals surface area contributed by atoms with E-state index < -0.39 is 5.97 Å². The molecule has 0 bridgehead atoms. The van der Waals surface area contributed by atoms with Crippen molar-refractivity contribution >= 4 is 17.7 Å². The predicted molar refractivity (Wildman–Crippen MR) is 70.1 cm³/mol. The van der Waals surface area contributed by atoms with E-state index in [0.717, 1.165) is 18.7 Å². The Morgan fingerprint density at radius 3 is 2.82 bits per heavy atom. The van der Waals surface area contributed by atoms with Crippen molar-refractivity contribution in [1.29, 1.82) is 0 Å². The van der Waals surface area contributed by atoms with Crippen LogP contribution in [-0.4, -0.2) is 25.9 Å². The van der Waals surface area contributed by atoms with Gasteiger partial charge in [-0.15, -0.1) is 11.8 Å². The van der Waals surface area contributed by atoms with Gasteiger partial charge in [0.1, 0.15) is 5.25 Å². The molecule has 0 aromatic carbocycles. The molecule has 4 nitrogen and oxygen atoms in total. The van der Waals surface area contributed by atoms with Crippen LogP contribution >= 0.6 is 11.8 Å². The molecule has 17 heavy (non-hydrogen) atoms. The zero-order valence-corrected chi connectivity index (χ0v) is 11.4. The van der Waals surface area contributed by atoms with Crippen molar-refractivity contribution in [3.8, 4) is 0 Å². The van der Waals surface area contributed by atoms with Gasteiger partial charge in [0, 0.05) is 24.2 Å². The second-order valence-electron chi connectivity index (χ2n) is 4.39. The van der Waals surface area contributed by atoms with Crippen molar-refractivity contribution in [2.24, 2.45) is 5.92 Å². The maximum Gasteiger partial charge on any atom is 0.316 e. The SMILES string of the molecule is CCCn1cncc1CSC(C(=O)O)C(C)C. The molecular weight excluding hydrogens is 236 g/mol. The maximum atomic E-state index is 11.1. The van der Waals surface area contributed by atoms with Crippen molar-refractivity contribution in [3.05, 3.63) is 18.2 Å². The Hall–Kier alpha value is -0.970. The van der Waals surface area contributed by atoms with Crippen LogP contribution in [0, 0.1) is 5.92 Å². The molecule has 0 radical (unpaired) electrons. The Balaban J connectivity index is 2.59. The number of aromatic nitrogens is 2. The summed E-state index contributed by atoms with van der Waals surface area (Å²) in [7, 11) is 0. The molecule has 0 amide bonds. The summed E-state index contributed by atoms with van der Waals surface area (Å²) >= 11 is 1.48. The average Bonchev–Trinajstić information content (AvgIpc) is 2.65. The molecule has 0 aliphatic heterocycles. The van der Waals surface area contributed by atoms with E-state index in [9.17, 15) is 4.79 Å². The second kappa shape index (κ2) is 6.69. The number of thioether (sulfide) groups is 1. The van der Waals surface area contributed by atoms with Gasteiger partial charge in [-0.1, -0.05) is 20.8 Å². The molecule has 1 rings (SSSR count). The van der Waals surface area contributed by atoms with Crippen LogP contribution in [0.5, 0.6) is 0 Å². The van der Waals surface area contributed by atoms with Crippen molar-refractivity contribution in [3.63, 3.8) is 0 Å². The largest absolute Gasteiger partial charge is 0.480 e. The van der Waals surface area contributed by atoms with E-state index in [0.29, 0.717) is 5.75 Å². The van der Waals surface area contributed by atoms with Crippen molar-refractivity contribution < 1.29 is 9.90 Å². The molecule has 5 heteroatoms. The quantitative estimate of drug-likeness (QED) is 0.815. The molecule has 0 aliphatic rings. The molecule has 0 fully saturated rings. The third-order valence-electron chi connectivity index (χ3n) is 2.52. The van der Waals surface area contributed by atoms with Crippen LogP contribution in [-0.2, 0) is 17.1 Å². The van der Waals surface area contributed by atoms with E-state index >= 15 is 0 Å². The molecule has 0 spiro atoms. The Morgan fingerprint density at radius 2 is 2.29 bits per heavy atom. The van der Waals surface area contributed by atoms with Gasteiger partial charge in [-0.25, -0.2) is 4.98 Å². The first-order valence-corrected chi connectivity index (χ1v) is 6.94. The summed E-state index contributed by atoms with van der Waals surface area (Å²) in [6.07, 6.45) is 4.69. The number of aliphatic carboxylic acids is 1. The summed E-state index contributed by atoms with van der Waals surface area (Å²) in [4.78, 5) is 15.2. The molecule has 1 aromatic heterocycles. The first kappa shape index (κ1) is 14.1. The number of rotatable bonds is 7. The number of carboxylic acid groups (broad SMARTS) is 1. The molecule has 1 unspecified atom stereocenters. The van der Waals surface area contributed by atoms with Crippen molar-refractivity contribution in [1.82, 2.24) is 9.55 Å². The normalized spacial score (nSPS) is 12.9. The molecule has 0 aliphatic carbocycles. The van der Waals surface area contributed by atoms with Crippen LogP contribution in [0.4, 0.5) is 0 Å². The molecular formula is C12H20N2O2S. The predicted octanol–water partition coefficient (Wildman–Crippen LogP) is 2.64. The summed E-state index contributed by atoms with van der Waals surface area (Å²) in [6.45, 7) is 6.94. The number of hydrogen-bond donors (Lipinski definition) is 1. The minimum atomic E-state index is -0.730. The lowest BCUT2D eigenvalue weighted by atomic mass is 10.1. The third kappa shape index (κ3) is 4.07. The Labute approximate surface area is 106 Å². The zero-order valence-electron chi connectivity index (χ0n) is 10.6. The van der Waals surface area contributed by atoms with Gasteiger partial charge < -0.3 is 9.67 Å². The van der Waals surface area contributed by atoms with Gasteiger partial charge >= 0.3 is 5.97 Å². The number of carbonyl (C=O) groups is 1. The fraction of sp³-hybridized carbons (Fsp3) is 0.667. The monoisotopic (exact) mass is 256 g/mol. The van der Waals surface area contributed by atoms with Crippen LogP contribution in [0.1, 0.15) is 32.9 Å². The molecule has 1 heterocycles. The molecule has 0 saturated heterocycles. The van der Waals surface area contributed by atoms with Gasteiger partial charge in [-0.3, -0.25) is 4.79 Å². The van der Waals surface area contributed by atoms with E-state index in [1.165, 1.54) is 11.8 Å². The van der Waals surface area contributed by atoms with Gasteiger partial charge in [-0.05, 0) is 12.3 Å². The highest BCUT2D eigenvalue weighted by molar-refractivity contribution is 7.99. The highest BCUT2D eigenvalue weighted by atomic mass is 32.2. The Kier molecular flexibility index (Phi) is 5.55. The van der Waals surface area contributed by atoms with Gasteiger partial charge in [0.05, 0.1) is 6.33 Å². The smallest absolute Gasteiger partial charge is 0.316 e. The minimum Gasteiger partial charge on any atom is -0.480 e. The van der Waals surface area contributed by atoms with Crippen LogP contribution in [0.3, 0.4) is 0 Å². The molecule has 0 saturated carbocycles. The minimum absolute atomic E-state index is 0.139. The van der Waals surface area contributed by atoms with Crippen LogP contribution < -0.4 is 0 Å². The number of imidazole rings is 1. The van der Waals surface area contributed by atoms with Crippen molar-refractivity contribution in [2.45, 2.75) is 44.7 Å². The lowest BCUT2D eigenvalue weighted by molar-refractivity contribution is -0.137. The number of hydrogen-bond acceptors (Lipinski definition) is 3. The highest BCUT2D eigenvalue weighted by Crippen LogP contribution is 2.24. The first-order chi connectivity index (χ1) is 8.06. The number of aryl methyl sites for hydroxylation is 1. The highest BCUT2D eigenvalue weighted by Gasteiger charge is 2.22. The van der Waals surface area contributed by atoms with E-state index in [1.807, 2.05) is 26.4 Å². The average molecular weight is 256 g/mol. The second-order valence-corrected chi connectivity index (χ2v) is 5.52. The Morgan fingerprint density at radius 1 is 1.59 bits per heavy atom. The van der Waals surface area contributed by atoms with Gasteiger partial charge in [-0.2, -0.15) is 0 Å². The lowest BCUT2D eigenvalue weighted by Gasteiger charge is -2.16. The summed E-state index contributed by atoms with van der Waals surface area (Å²) in [6, 6.07) is 0. The zero-order chi connectivity index (χ0) is 12.8. The third-order valence-corrected chi connectivity index (χ3v) is 4.09.